The summed E-state index contributed by atoms with van der Waals surface area (Å²) in [7, 11) is -4.05. The molecular weight excluding hydrogens is 673 g/mol. The van der Waals surface area contributed by atoms with Crippen molar-refractivity contribution in [2.75, 3.05) is 52.6 Å². The van der Waals surface area contributed by atoms with Crippen LogP contribution in [0, 0.1) is 5.41 Å². The van der Waals surface area contributed by atoms with Crippen LogP contribution in [0.15, 0.2) is 70.5 Å². The average molecular weight is 711 g/mol. The number of nitrogens with two attached hydrogens (primary N) is 1. The highest BCUT2D eigenvalue weighted by Gasteiger charge is 2.24. The minimum Gasteiger partial charge on any atom is -0.379 e. The van der Waals surface area contributed by atoms with Crippen molar-refractivity contribution in [2.45, 2.75) is 37.2 Å². The zero-order chi connectivity index (χ0) is 34.1. The van der Waals surface area contributed by atoms with Crippen LogP contribution >= 0.6 is 22.7 Å². The lowest BCUT2D eigenvalue weighted by Crippen LogP contribution is -2.46. The van der Waals surface area contributed by atoms with Gasteiger partial charge in [0.25, 0.3) is 15.9 Å². The van der Waals surface area contributed by atoms with Crippen LogP contribution in [-0.2, 0) is 21.4 Å². The number of piperazine rings is 1. The predicted octanol–water partition coefficient (Wildman–Crippen LogP) is 3.29. The molecule has 0 radical (unpaired) electrons. The molecule has 0 saturated carbocycles. The van der Waals surface area contributed by atoms with Crippen molar-refractivity contribution in [3.63, 3.8) is 0 Å². The van der Waals surface area contributed by atoms with Gasteiger partial charge in [0.15, 0.2) is 16.9 Å². The highest BCUT2D eigenvalue weighted by Crippen LogP contribution is 2.27. The fraction of sp³-hybridized carbons (Fsp3) is 0.323. The van der Waals surface area contributed by atoms with E-state index in [1.165, 1.54) is 30.8 Å². The number of thiazole rings is 1. The first-order valence-corrected chi connectivity index (χ1v) is 18.5. The van der Waals surface area contributed by atoms with Crippen molar-refractivity contribution in [3.8, 4) is 0 Å². The van der Waals surface area contributed by atoms with Crippen LogP contribution in [0.5, 0.6) is 0 Å². The van der Waals surface area contributed by atoms with Crippen LogP contribution in [-0.4, -0.2) is 74.8 Å². The van der Waals surface area contributed by atoms with Crippen molar-refractivity contribution in [1.29, 1.82) is 5.41 Å². The van der Waals surface area contributed by atoms with E-state index in [2.05, 4.69) is 35.5 Å². The van der Waals surface area contributed by atoms with Gasteiger partial charge in [-0.2, -0.15) is 0 Å². The Morgan fingerprint density at radius 1 is 1.06 bits per heavy atom. The number of nitrogens with one attached hydrogen (secondary N) is 5. The number of amides is 1. The van der Waals surface area contributed by atoms with Gasteiger partial charge in [0.2, 0.25) is 0 Å². The fourth-order valence-corrected chi connectivity index (χ4v) is 7.91. The third-order valence-electron chi connectivity index (χ3n) is 7.63. The van der Waals surface area contributed by atoms with E-state index >= 15 is 0 Å². The fourth-order valence-electron chi connectivity index (χ4n) is 5.10. The molecule has 1 unspecified atom stereocenters. The second kappa shape index (κ2) is 15.9. The minimum atomic E-state index is -4.05. The van der Waals surface area contributed by atoms with Crippen LogP contribution in [0.3, 0.4) is 0 Å². The van der Waals surface area contributed by atoms with Crippen LogP contribution in [0.4, 0.5) is 22.2 Å². The van der Waals surface area contributed by atoms with Crippen molar-refractivity contribution in [2.24, 2.45) is 5.73 Å². The number of sulfonamides is 1. The van der Waals surface area contributed by atoms with Gasteiger partial charge in [0, 0.05) is 61.9 Å². The largest absolute Gasteiger partial charge is 0.379 e. The molecule has 1 aliphatic heterocycles. The number of nitrogens with zero attached hydrogens (tertiary/aromatic N) is 4. The number of carbonyl (C=O) groups excluding carboxylic acids is 2. The van der Waals surface area contributed by atoms with Crippen molar-refractivity contribution in [3.05, 3.63) is 76.2 Å². The smallest absolute Gasteiger partial charge is 0.264 e. The lowest BCUT2D eigenvalue weighted by Gasteiger charge is -2.35. The van der Waals surface area contributed by atoms with Gasteiger partial charge in [-0.25, -0.2) is 13.4 Å². The number of benzene rings is 1. The van der Waals surface area contributed by atoms with Crippen molar-refractivity contribution < 1.29 is 18.0 Å². The van der Waals surface area contributed by atoms with Crippen LogP contribution in [0.2, 0.25) is 0 Å². The number of ketones is 1. The van der Waals surface area contributed by atoms with E-state index in [-0.39, 0.29) is 27.2 Å². The Morgan fingerprint density at radius 3 is 2.54 bits per heavy atom. The molecule has 0 aliphatic carbocycles. The van der Waals surface area contributed by atoms with Crippen molar-refractivity contribution >= 4 is 72.5 Å². The Balaban J connectivity index is 1.15. The maximum Gasteiger partial charge on any atom is 0.264 e. The van der Waals surface area contributed by atoms with E-state index in [1.807, 2.05) is 17.5 Å². The number of guanidine groups is 1. The van der Waals surface area contributed by atoms with Crippen molar-refractivity contribution in [1.82, 2.24) is 20.6 Å². The monoisotopic (exact) mass is 710 g/mol. The van der Waals surface area contributed by atoms with E-state index in [4.69, 9.17) is 16.1 Å². The Hall–Kier alpha value is -4.74. The SMILES string of the molecule is CC(=O)C(CCCNC(=N)N)NC(=O)c1sccc1NS(=O)(=O)c1cccc(NCc2csc(N3CCN(c4ccncc4)CC3)n2)c1. The molecule has 4 heterocycles. The molecule has 3 aromatic heterocycles. The average Bonchev–Trinajstić information content (AvgIpc) is 3.75. The summed E-state index contributed by atoms with van der Waals surface area (Å²) in [6, 6.07) is 11.2. The number of thiophene rings is 1. The molecule has 0 bridgehead atoms. The second-order valence-electron chi connectivity index (χ2n) is 11.1. The Bertz CT molecular complexity index is 1820. The first kappa shape index (κ1) is 34.6. The van der Waals surface area contributed by atoms with Gasteiger partial charge < -0.3 is 31.5 Å². The van der Waals surface area contributed by atoms with E-state index in [0.29, 0.717) is 31.6 Å². The number of rotatable bonds is 15. The number of Topliss-reactive ketones (excluding diaryl/α,β-unsaturated/α-hetero) is 1. The summed E-state index contributed by atoms with van der Waals surface area (Å²) in [5.74, 6) is -0.967. The maximum atomic E-state index is 13.4. The Morgan fingerprint density at radius 2 is 1.81 bits per heavy atom. The molecule has 1 aliphatic rings. The van der Waals surface area contributed by atoms with Gasteiger partial charge in [-0.1, -0.05) is 6.07 Å². The molecule has 17 heteroatoms. The Kier molecular flexibility index (Phi) is 11.5. The summed E-state index contributed by atoms with van der Waals surface area (Å²) >= 11 is 2.65. The molecule has 254 valence electrons. The molecular formula is C31H38N10O4S3. The molecule has 1 atom stereocenters. The molecule has 7 N–H and O–H groups in total. The first-order valence-electron chi connectivity index (χ1n) is 15.3. The normalized spacial score (nSPS) is 13.9. The number of aromatic nitrogens is 2. The molecule has 1 fully saturated rings. The third-order valence-corrected chi connectivity index (χ3v) is 10.9. The zero-order valence-corrected chi connectivity index (χ0v) is 28.8. The summed E-state index contributed by atoms with van der Waals surface area (Å²) in [4.78, 5) is 38.9. The number of hydrogen-bond donors (Lipinski definition) is 6. The Labute approximate surface area is 287 Å². The van der Waals surface area contributed by atoms with Crippen LogP contribution in [0.1, 0.15) is 35.1 Å². The van der Waals surface area contributed by atoms with Gasteiger partial charge in [0.05, 0.1) is 28.9 Å². The molecule has 48 heavy (non-hydrogen) atoms. The molecule has 5 rings (SSSR count). The van der Waals surface area contributed by atoms with Gasteiger partial charge >= 0.3 is 0 Å². The van der Waals surface area contributed by atoms with Crippen LogP contribution < -0.4 is 36.2 Å². The number of pyridine rings is 1. The first-order chi connectivity index (χ1) is 23.1. The summed E-state index contributed by atoms with van der Waals surface area (Å²) in [6.07, 6.45) is 4.44. The summed E-state index contributed by atoms with van der Waals surface area (Å²) in [5.41, 5.74) is 8.02. The standard InChI is InChI=1S/C31H38N10O4S3/c1-21(42)26(6-3-10-35-30(32)33)38-29(43)28-27(9-17-46-28)39-48(44,45)25-5-2-4-22(18-25)36-19-23-20-47-31(37-23)41-15-13-40(14-16-41)24-7-11-34-12-8-24/h2,4-5,7-9,11-12,17-18,20,26,36,39H,3,6,10,13-16,19H2,1H3,(H,38,43)(H4,32,33,35). The zero-order valence-electron chi connectivity index (χ0n) is 26.3. The van der Waals surface area contributed by atoms with Gasteiger partial charge in [-0.15, -0.1) is 22.7 Å². The molecule has 1 saturated heterocycles. The second-order valence-corrected chi connectivity index (χ2v) is 14.5. The van der Waals surface area contributed by atoms with E-state index in [1.54, 1.807) is 41.2 Å². The van der Waals surface area contributed by atoms with Gasteiger partial charge in [0.1, 0.15) is 4.88 Å². The molecule has 14 nitrogen and oxygen atoms in total. The molecule has 1 aromatic carbocycles. The highest BCUT2D eigenvalue weighted by molar-refractivity contribution is 7.92. The highest BCUT2D eigenvalue weighted by atomic mass is 32.2. The summed E-state index contributed by atoms with van der Waals surface area (Å²) in [5, 5.41) is 20.4. The third kappa shape index (κ3) is 9.20. The number of carbonyl (C=O) groups is 2. The minimum absolute atomic E-state index is 0.0238. The van der Waals surface area contributed by atoms with E-state index in [9.17, 15) is 18.0 Å². The summed E-state index contributed by atoms with van der Waals surface area (Å²) < 4.78 is 29.3. The molecule has 0 spiro atoms. The van der Waals surface area contributed by atoms with E-state index in [0.717, 1.165) is 48.3 Å². The summed E-state index contributed by atoms with van der Waals surface area (Å²) in [6.45, 7) is 5.68. The van der Waals surface area contributed by atoms with E-state index < -0.39 is 22.0 Å². The quantitative estimate of drug-likeness (QED) is 0.0601. The van der Waals surface area contributed by atoms with Crippen LogP contribution in [0.25, 0.3) is 0 Å². The molecule has 1 amide bonds. The topological polar surface area (TPSA) is 199 Å². The number of anilines is 4. The lowest BCUT2D eigenvalue weighted by molar-refractivity contribution is -0.119. The van der Waals surface area contributed by atoms with Gasteiger partial charge in [-0.3, -0.25) is 24.7 Å². The number of hydrogen-bond acceptors (Lipinski definition) is 12. The predicted molar refractivity (Wildman–Crippen MR) is 191 cm³/mol. The maximum absolute atomic E-state index is 13.4. The lowest BCUT2D eigenvalue weighted by atomic mass is 10.1. The molecule has 4 aromatic rings. The van der Waals surface area contributed by atoms with Gasteiger partial charge in [-0.05, 0) is 61.5 Å².